The van der Waals surface area contributed by atoms with Crippen molar-refractivity contribution < 1.29 is 0 Å². The summed E-state index contributed by atoms with van der Waals surface area (Å²) >= 11 is 5.97. The second-order valence-electron chi connectivity index (χ2n) is 5.42. The summed E-state index contributed by atoms with van der Waals surface area (Å²) in [5.74, 6) is 0.935. The molecule has 1 N–H and O–H groups in total. The smallest absolute Gasteiger partial charge is 0.204 e. The monoisotopic (exact) mass is 313 g/mol. The van der Waals surface area contributed by atoms with E-state index in [4.69, 9.17) is 16.6 Å². The quantitative estimate of drug-likeness (QED) is 0.652. The van der Waals surface area contributed by atoms with Crippen LogP contribution in [-0.4, -0.2) is 16.1 Å². The van der Waals surface area contributed by atoms with Gasteiger partial charge in [0, 0.05) is 11.6 Å². The van der Waals surface area contributed by atoms with Crippen LogP contribution in [0.2, 0.25) is 5.02 Å². The summed E-state index contributed by atoms with van der Waals surface area (Å²) < 4.78 is 2.23. The molecule has 0 fully saturated rings. The Labute approximate surface area is 135 Å². The van der Waals surface area contributed by atoms with Crippen molar-refractivity contribution in [3.63, 3.8) is 0 Å². The van der Waals surface area contributed by atoms with Crippen LogP contribution in [0.25, 0.3) is 11.0 Å². The molecule has 0 radical (unpaired) electrons. The fourth-order valence-electron chi connectivity index (χ4n) is 2.52. The third-order valence-corrected chi connectivity index (χ3v) is 3.97. The van der Waals surface area contributed by atoms with Gasteiger partial charge in [0.05, 0.1) is 17.6 Å². The summed E-state index contributed by atoms with van der Waals surface area (Å²) in [7, 11) is 0. The minimum atomic E-state index is 0.764. The van der Waals surface area contributed by atoms with Gasteiger partial charge in [-0.25, -0.2) is 4.98 Å². The molecule has 4 heteroatoms. The van der Waals surface area contributed by atoms with Crippen LogP contribution in [0.4, 0.5) is 5.95 Å². The Balaban J connectivity index is 1.94. The summed E-state index contributed by atoms with van der Waals surface area (Å²) in [6, 6.07) is 16.2. The molecular weight excluding hydrogens is 294 g/mol. The van der Waals surface area contributed by atoms with Gasteiger partial charge in [0.15, 0.2) is 0 Å². The number of unbranched alkanes of at least 4 members (excludes halogenated alkanes) is 1. The Morgan fingerprint density at radius 1 is 1.09 bits per heavy atom. The van der Waals surface area contributed by atoms with Crippen molar-refractivity contribution in [3.05, 3.63) is 59.1 Å². The van der Waals surface area contributed by atoms with Crippen LogP contribution in [0.15, 0.2) is 48.5 Å². The Hall–Kier alpha value is -2.00. The molecule has 0 aliphatic carbocycles. The highest BCUT2D eigenvalue weighted by atomic mass is 35.5. The molecule has 0 atom stereocenters. The van der Waals surface area contributed by atoms with E-state index in [1.807, 2.05) is 18.2 Å². The average Bonchev–Trinajstić information content (AvgIpc) is 2.88. The standard InChI is InChI=1S/C18H20ClN3/c1-2-3-12-20-18-21-16-6-4-5-7-17(16)22(18)13-14-8-10-15(19)11-9-14/h4-11H,2-3,12-13H2,1H3,(H,20,21). The number of benzene rings is 2. The summed E-state index contributed by atoms with van der Waals surface area (Å²) in [4.78, 5) is 4.72. The van der Waals surface area contributed by atoms with Crippen LogP contribution in [0, 0.1) is 0 Å². The van der Waals surface area contributed by atoms with Crippen molar-refractivity contribution in [2.75, 3.05) is 11.9 Å². The number of halogens is 1. The number of imidazole rings is 1. The molecule has 1 heterocycles. The van der Waals surface area contributed by atoms with Gasteiger partial charge in [-0.05, 0) is 36.2 Å². The first-order chi connectivity index (χ1) is 10.8. The van der Waals surface area contributed by atoms with Gasteiger partial charge in [-0.3, -0.25) is 0 Å². The van der Waals surface area contributed by atoms with Crippen molar-refractivity contribution in [3.8, 4) is 0 Å². The van der Waals surface area contributed by atoms with Crippen molar-refractivity contribution in [1.82, 2.24) is 9.55 Å². The predicted molar refractivity (Wildman–Crippen MR) is 93.7 cm³/mol. The molecular formula is C18H20ClN3. The maximum atomic E-state index is 5.97. The Morgan fingerprint density at radius 2 is 1.86 bits per heavy atom. The van der Waals surface area contributed by atoms with E-state index in [2.05, 4.69) is 47.1 Å². The van der Waals surface area contributed by atoms with Crippen LogP contribution in [0.5, 0.6) is 0 Å². The second-order valence-corrected chi connectivity index (χ2v) is 5.85. The largest absolute Gasteiger partial charge is 0.356 e. The van der Waals surface area contributed by atoms with E-state index in [1.54, 1.807) is 0 Å². The van der Waals surface area contributed by atoms with E-state index >= 15 is 0 Å². The van der Waals surface area contributed by atoms with Gasteiger partial charge >= 0.3 is 0 Å². The third kappa shape index (κ3) is 3.25. The normalized spacial score (nSPS) is 11.0. The minimum absolute atomic E-state index is 0.764. The first kappa shape index (κ1) is 14.9. The van der Waals surface area contributed by atoms with Crippen LogP contribution in [-0.2, 0) is 6.54 Å². The highest BCUT2D eigenvalue weighted by molar-refractivity contribution is 6.30. The zero-order valence-corrected chi connectivity index (χ0v) is 13.5. The lowest BCUT2D eigenvalue weighted by Gasteiger charge is -2.11. The molecule has 1 aromatic heterocycles. The molecule has 3 nitrogen and oxygen atoms in total. The van der Waals surface area contributed by atoms with Crippen molar-refractivity contribution in [1.29, 1.82) is 0 Å². The number of anilines is 1. The lowest BCUT2D eigenvalue weighted by Crippen LogP contribution is -2.09. The lowest BCUT2D eigenvalue weighted by molar-refractivity contribution is 0.790. The van der Waals surface area contributed by atoms with E-state index in [1.165, 1.54) is 12.0 Å². The summed E-state index contributed by atoms with van der Waals surface area (Å²) in [6.45, 7) is 3.92. The van der Waals surface area contributed by atoms with E-state index in [0.29, 0.717) is 0 Å². The first-order valence-corrected chi connectivity index (χ1v) is 8.09. The second kappa shape index (κ2) is 6.84. The van der Waals surface area contributed by atoms with Crippen molar-refractivity contribution in [2.45, 2.75) is 26.3 Å². The van der Waals surface area contributed by atoms with Gasteiger partial charge in [0.1, 0.15) is 0 Å². The van der Waals surface area contributed by atoms with Crippen LogP contribution in [0.3, 0.4) is 0 Å². The molecule has 3 rings (SSSR count). The highest BCUT2D eigenvalue weighted by Crippen LogP contribution is 2.22. The summed E-state index contributed by atoms with van der Waals surface area (Å²) in [5.41, 5.74) is 3.39. The van der Waals surface area contributed by atoms with Gasteiger partial charge in [-0.15, -0.1) is 0 Å². The summed E-state index contributed by atoms with van der Waals surface area (Å²) in [6.07, 6.45) is 2.31. The maximum Gasteiger partial charge on any atom is 0.204 e. The Bertz CT molecular complexity index is 747. The SMILES string of the molecule is CCCCNc1nc2ccccc2n1Cc1ccc(Cl)cc1. The number of aromatic nitrogens is 2. The van der Waals surface area contributed by atoms with Gasteiger partial charge < -0.3 is 9.88 Å². The van der Waals surface area contributed by atoms with E-state index in [9.17, 15) is 0 Å². The zero-order chi connectivity index (χ0) is 15.4. The van der Waals surface area contributed by atoms with Crippen LogP contribution in [0.1, 0.15) is 25.3 Å². The van der Waals surface area contributed by atoms with Gasteiger partial charge in [-0.1, -0.05) is 49.2 Å². The molecule has 0 unspecified atom stereocenters. The number of nitrogens with zero attached hydrogens (tertiary/aromatic N) is 2. The zero-order valence-electron chi connectivity index (χ0n) is 12.7. The Morgan fingerprint density at radius 3 is 2.64 bits per heavy atom. The third-order valence-electron chi connectivity index (χ3n) is 3.72. The van der Waals surface area contributed by atoms with E-state index in [-0.39, 0.29) is 0 Å². The van der Waals surface area contributed by atoms with Gasteiger partial charge in [-0.2, -0.15) is 0 Å². The molecule has 0 bridgehead atoms. The predicted octanol–water partition coefficient (Wildman–Crippen LogP) is 4.95. The number of hydrogen-bond acceptors (Lipinski definition) is 2. The molecule has 22 heavy (non-hydrogen) atoms. The fraction of sp³-hybridized carbons (Fsp3) is 0.278. The number of para-hydroxylation sites is 2. The van der Waals surface area contributed by atoms with Gasteiger partial charge in [0.25, 0.3) is 0 Å². The molecule has 2 aromatic carbocycles. The Kier molecular flexibility index (Phi) is 4.64. The van der Waals surface area contributed by atoms with Crippen LogP contribution < -0.4 is 5.32 Å². The molecule has 114 valence electrons. The molecule has 0 saturated heterocycles. The minimum Gasteiger partial charge on any atom is -0.356 e. The summed E-state index contributed by atoms with van der Waals surface area (Å²) in [5, 5.41) is 4.23. The number of rotatable bonds is 6. The molecule has 0 aliphatic rings. The topological polar surface area (TPSA) is 29.9 Å². The molecule has 0 aliphatic heterocycles. The van der Waals surface area contributed by atoms with Crippen LogP contribution >= 0.6 is 11.6 Å². The lowest BCUT2D eigenvalue weighted by atomic mass is 10.2. The number of fused-ring (bicyclic) bond motifs is 1. The molecule has 0 spiro atoms. The number of nitrogens with one attached hydrogen (secondary N) is 1. The van der Waals surface area contributed by atoms with Gasteiger partial charge in [0.2, 0.25) is 5.95 Å². The van der Waals surface area contributed by atoms with Crippen molar-refractivity contribution in [2.24, 2.45) is 0 Å². The first-order valence-electron chi connectivity index (χ1n) is 7.71. The molecule has 3 aromatic rings. The van der Waals surface area contributed by atoms with Crippen molar-refractivity contribution >= 4 is 28.6 Å². The molecule has 0 saturated carbocycles. The van der Waals surface area contributed by atoms with E-state index in [0.717, 1.165) is 41.5 Å². The fourth-order valence-corrected chi connectivity index (χ4v) is 2.65. The average molecular weight is 314 g/mol. The maximum absolute atomic E-state index is 5.97. The molecule has 0 amide bonds. The van der Waals surface area contributed by atoms with E-state index < -0.39 is 0 Å². The highest BCUT2D eigenvalue weighted by Gasteiger charge is 2.10. The number of hydrogen-bond donors (Lipinski definition) is 1.